The van der Waals surface area contributed by atoms with Gasteiger partial charge in [0, 0.05) is 24.6 Å². The quantitative estimate of drug-likeness (QED) is 0.454. The average Bonchev–Trinajstić information content (AvgIpc) is 3.23. The van der Waals surface area contributed by atoms with Gasteiger partial charge in [-0.2, -0.15) is 0 Å². The predicted octanol–water partition coefficient (Wildman–Crippen LogP) is 5.19. The monoisotopic (exact) mass is 446 g/mol. The fourth-order valence-corrected chi connectivity index (χ4v) is 4.52. The molecule has 1 N–H and O–H groups in total. The maximum atomic E-state index is 12.8. The van der Waals surface area contributed by atoms with Crippen LogP contribution in [0.2, 0.25) is 0 Å². The number of carbonyl (C=O) groups excluding carboxylic acids is 1. The highest BCUT2D eigenvalue weighted by Crippen LogP contribution is 2.27. The Balaban J connectivity index is 1.51. The Bertz CT molecular complexity index is 1110. The minimum Gasteiger partial charge on any atom is -0.478 e. The van der Waals surface area contributed by atoms with E-state index >= 15 is 0 Å². The second kappa shape index (κ2) is 10.5. The number of rotatable bonds is 9. The molecule has 1 saturated carbocycles. The standard InChI is InChI=1S/C26H30N4O3/c1-2-8-24-28-25(23(31)15-18-9-4-3-5-10-18)29-30(24)17-20-14-13-19(16-27-20)21-11-6-7-12-22(21)26(32)33/h6-7,11-14,16,18H,2-5,8-10,15,17H2,1H3,(H,32,33). The third-order valence-corrected chi connectivity index (χ3v) is 6.28. The Morgan fingerprint density at radius 2 is 1.88 bits per heavy atom. The molecule has 0 atom stereocenters. The second-order valence-corrected chi connectivity index (χ2v) is 8.78. The molecule has 2 heterocycles. The number of hydrogen-bond acceptors (Lipinski definition) is 5. The van der Waals surface area contributed by atoms with Crippen LogP contribution in [0.5, 0.6) is 0 Å². The summed E-state index contributed by atoms with van der Waals surface area (Å²) >= 11 is 0. The van der Waals surface area contributed by atoms with Gasteiger partial charge in [-0.25, -0.2) is 14.5 Å². The Morgan fingerprint density at radius 3 is 2.58 bits per heavy atom. The number of aromatic nitrogens is 4. The number of benzene rings is 1. The van der Waals surface area contributed by atoms with Gasteiger partial charge in [0.05, 0.1) is 17.8 Å². The lowest BCUT2D eigenvalue weighted by atomic mass is 9.86. The zero-order valence-electron chi connectivity index (χ0n) is 19.0. The Morgan fingerprint density at radius 1 is 1.09 bits per heavy atom. The van der Waals surface area contributed by atoms with E-state index in [1.54, 1.807) is 29.1 Å². The molecule has 0 aliphatic heterocycles. The molecule has 7 nitrogen and oxygen atoms in total. The number of ketones is 1. The molecule has 1 aromatic carbocycles. The number of aromatic carboxylic acids is 1. The topological polar surface area (TPSA) is 98.0 Å². The third-order valence-electron chi connectivity index (χ3n) is 6.28. The van der Waals surface area contributed by atoms with E-state index in [1.807, 2.05) is 18.2 Å². The fraction of sp³-hybridized carbons (Fsp3) is 0.423. The average molecular weight is 447 g/mol. The first kappa shape index (κ1) is 22.8. The van der Waals surface area contributed by atoms with E-state index in [1.165, 1.54) is 19.3 Å². The van der Waals surface area contributed by atoms with Crippen LogP contribution in [0.15, 0.2) is 42.6 Å². The van der Waals surface area contributed by atoms with Gasteiger partial charge < -0.3 is 5.11 Å². The minimum atomic E-state index is -0.966. The number of hydrogen-bond donors (Lipinski definition) is 1. The number of Topliss-reactive ketones (excluding diaryl/α,β-unsaturated/α-hetero) is 1. The maximum absolute atomic E-state index is 12.8. The molecule has 1 fully saturated rings. The van der Waals surface area contributed by atoms with Gasteiger partial charge in [-0.15, -0.1) is 5.10 Å². The van der Waals surface area contributed by atoms with Gasteiger partial charge in [-0.3, -0.25) is 9.78 Å². The zero-order chi connectivity index (χ0) is 23.2. The molecule has 0 bridgehead atoms. The summed E-state index contributed by atoms with van der Waals surface area (Å²) in [4.78, 5) is 33.4. The van der Waals surface area contributed by atoms with E-state index in [2.05, 4.69) is 22.0 Å². The first-order chi connectivity index (χ1) is 16.0. The lowest BCUT2D eigenvalue weighted by molar-refractivity contribution is 0.0697. The van der Waals surface area contributed by atoms with Gasteiger partial charge in [0.1, 0.15) is 5.82 Å². The Kier molecular flexibility index (Phi) is 7.27. The van der Waals surface area contributed by atoms with Crippen molar-refractivity contribution in [3.05, 3.63) is 65.5 Å². The van der Waals surface area contributed by atoms with Crippen LogP contribution in [0.3, 0.4) is 0 Å². The Hall–Kier alpha value is -3.35. The van der Waals surface area contributed by atoms with E-state index in [9.17, 15) is 14.7 Å². The maximum Gasteiger partial charge on any atom is 0.336 e. The van der Waals surface area contributed by atoms with Crippen LogP contribution >= 0.6 is 0 Å². The molecule has 3 aromatic rings. The molecule has 0 radical (unpaired) electrons. The summed E-state index contributed by atoms with van der Waals surface area (Å²) in [6, 6.07) is 10.6. The van der Waals surface area contributed by atoms with E-state index in [0.717, 1.165) is 42.8 Å². The van der Waals surface area contributed by atoms with Crippen molar-refractivity contribution >= 4 is 11.8 Å². The number of nitrogens with zero attached hydrogens (tertiary/aromatic N) is 4. The van der Waals surface area contributed by atoms with Gasteiger partial charge in [0.15, 0.2) is 0 Å². The van der Waals surface area contributed by atoms with Gasteiger partial charge in [0.2, 0.25) is 11.6 Å². The molecule has 172 valence electrons. The van der Waals surface area contributed by atoms with Crippen LogP contribution in [0, 0.1) is 5.92 Å². The molecule has 2 aromatic heterocycles. The SMILES string of the molecule is CCCc1nc(C(=O)CC2CCCCC2)nn1Cc1ccc(-c2ccccc2C(=O)O)cn1. The van der Waals surface area contributed by atoms with Crippen molar-refractivity contribution in [1.82, 2.24) is 19.7 Å². The third kappa shape index (κ3) is 5.53. The van der Waals surface area contributed by atoms with Crippen LogP contribution in [0.4, 0.5) is 0 Å². The van der Waals surface area contributed by atoms with Crippen molar-refractivity contribution in [2.75, 3.05) is 0 Å². The summed E-state index contributed by atoms with van der Waals surface area (Å²) in [6.45, 7) is 2.50. The van der Waals surface area contributed by atoms with Gasteiger partial charge in [-0.05, 0) is 30.0 Å². The van der Waals surface area contributed by atoms with Crippen LogP contribution in [0.25, 0.3) is 11.1 Å². The summed E-state index contributed by atoms with van der Waals surface area (Å²) in [6.07, 6.45) is 9.80. The van der Waals surface area contributed by atoms with Crippen molar-refractivity contribution in [3.8, 4) is 11.1 Å². The summed E-state index contributed by atoms with van der Waals surface area (Å²) in [5, 5.41) is 14.0. The molecule has 0 unspecified atom stereocenters. The van der Waals surface area contributed by atoms with Gasteiger partial charge in [-0.1, -0.05) is 63.3 Å². The second-order valence-electron chi connectivity index (χ2n) is 8.78. The van der Waals surface area contributed by atoms with Crippen molar-refractivity contribution in [2.45, 2.75) is 64.8 Å². The van der Waals surface area contributed by atoms with Crippen molar-refractivity contribution in [3.63, 3.8) is 0 Å². The molecule has 0 amide bonds. The van der Waals surface area contributed by atoms with Crippen LogP contribution in [-0.4, -0.2) is 36.6 Å². The summed E-state index contributed by atoms with van der Waals surface area (Å²) < 4.78 is 1.78. The van der Waals surface area contributed by atoms with E-state index in [4.69, 9.17) is 0 Å². The smallest absolute Gasteiger partial charge is 0.336 e. The highest BCUT2D eigenvalue weighted by atomic mass is 16.4. The number of carboxylic acid groups (broad SMARTS) is 1. The van der Waals surface area contributed by atoms with E-state index in [-0.39, 0.29) is 11.3 Å². The van der Waals surface area contributed by atoms with Crippen LogP contribution in [-0.2, 0) is 13.0 Å². The highest BCUT2D eigenvalue weighted by molar-refractivity contribution is 5.95. The molecular formula is C26H30N4O3. The van der Waals surface area contributed by atoms with Crippen LogP contribution < -0.4 is 0 Å². The minimum absolute atomic E-state index is 0.0339. The fourth-order valence-electron chi connectivity index (χ4n) is 4.52. The van der Waals surface area contributed by atoms with Gasteiger partial charge in [0.25, 0.3) is 0 Å². The Labute approximate surface area is 193 Å². The lowest BCUT2D eigenvalue weighted by Crippen LogP contribution is -2.14. The summed E-state index contributed by atoms with van der Waals surface area (Å²) in [5.74, 6) is 0.636. The van der Waals surface area contributed by atoms with Gasteiger partial charge >= 0.3 is 5.97 Å². The predicted molar refractivity (Wildman–Crippen MR) is 125 cm³/mol. The molecule has 0 spiro atoms. The molecule has 33 heavy (non-hydrogen) atoms. The van der Waals surface area contributed by atoms with Crippen LogP contribution in [0.1, 0.15) is 84.4 Å². The van der Waals surface area contributed by atoms with Crippen molar-refractivity contribution in [1.29, 1.82) is 0 Å². The molecule has 1 aliphatic carbocycles. The summed E-state index contributed by atoms with van der Waals surface area (Å²) in [7, 11) is 0. The number of aryl methyl sites for hydroxylation is 1. The normalized spacial score (nSPS) is 14.3. The van der Waals surface area contributed by atoms with Crippen molar-refractivity contribution in [2.24, 2.45) is 5.92 Å². The van der Waals surface area contributed by atoms with E-state index < -0.39 is 5.97 Å². The first-order valence-electron chi connectivity index (χ1n) is 11.8. The number of carbonyl (C=O) groups is 2. The van der Waals surface area contributed by atoms with E-state index in [0.29, 0.717) is 30.3 Å². The largest absolute Gasteiger partial charge is 0.478 e. The number of pyridine rings is 1. The molecule has 0 saturated heterocycles. The molecule has 7 heteroatoms. The lowest BCUT2D eigenvalue weighted by Gasteiger charge is -2.19. The summed E-state index contributed by atoms with van der Waals surface area (Å²) in [5.41, 5.74) is 2.40. The molecule has 4 rings (SSSR count). The van der Waals surface area contributed by atoms with Crippen molar-refractivity contribution < 1.29 is 14.7 Å². The molecular weight excluding hydrogens is 416 g/mol. The zero-order valence-corrected chi connectivity index (χ0v) is 19.0. The molecule has 1 aliphatic rings. The number of carboxylic acids is 1. The first-order valence-corrected chi connectivity index (χ1v) is 11.8. The highest BCUT2D eigenvalue weighted by Gasteiger charge is 2.22.